The van der Waals surface area contributed by atoms with Crippen LogP contribution < -0.4 is 5.32 Å². The van der Waals surface area contributed by atoms with Crippen LogP contribution in [0.5, 0.6) is 0 Å². The number of nitrogens with one attached hydrogen (secondary N) is 1. The highest BCUT2D eigenvalue weighted by Gasteiger charge is 2.47. The molecule has 8 heteroatoms. The van der Waals surface area contributed by atoms with Crippen molar-refractivity contribution in [2.75, 3.05) is 25.0 Å². The van der Waals surface area contributed by atoms with Crippen molar-refractivity contribution in [2.24, 2.45) is 15.9 Å². The van der Waals surface area contributed by atoms with Crippen LogP contribution in [0.1, 0.15) is 12.8 Å². The number of anilines is 1. The van der Waals surface area contributed by atoms with Gasteiger partial charge in [0.05, 0.1) is 0 Å². The third-order valence-corrected chi connectivity index (χ3v) is 5.82. The zero-order valence-corrected chi connectivity index (χ0v) is 13.2. The highest BCUT2D eigenvalue weighted by atomic mass is 32.1. The SMILES string of the molecule is Fc1ccc2nc(NC3=NC4(C=N3)CN3CCC4CC3)sc2n1. The fourth-order valence-corrected chi connectivity index (χ4v) is 4.60. The lowest BCUT2D eigenvalue weighted by Crippen LogP contribution is -2.58. The Morgan fingerprint density at radius 2 is 2.13 bits per heavy atom. The third kappa shape index (κ3) is 2.16. The molecule has 1 N–H and O–H groups in total. The summed E-state index contributed by atoms with van der Waals surface area (Å²) in [6.45, 7) is 3.31. The molecule has 2 aromatic rings. The predicted octanol–water partition coefficient (Wildman–Crippen LogP) is 2.15. The van der Waals surface area contributed by atoms with E-state index in [1.54, 1.807) is 6.07 Å². The summed E-state index contributed by atoms with van der Waals surface area (Å²) in [5.74, 6) is 0.690. The second-order valence-corrected chi connectivity index (χ2v) is 7.32. The van der Waals surface area contributed by atoms with Crippen LogP contribution in [0.4, 0.5) is 9.52 Å². The first-order valence-corrected chi connectivity index (χ1v) is 8.59. The summed E-state index contributed by atoms with van der Waals surface area (Å²) >= 11 is 1.31. The Morgan fingerprint density at radius 1 is 1.26 bits per heavy atom. The summed E-state index contributed by atoms with van der Waals surface area (Å²) in [4.78, 5) is 20.6. The molecule has 0 radical (unpaired) electrons. The molecular formula is C15H15FN6S. The second kappa shape index (κ2) is 4.78. The molecule has 6 rings (SSSR count). The van der Waals surface area contributed by atoms with Crippen LogP contribution in [0.15, 0.2) is 22.1 Å². The molecule has 2 bridgehead atoms. The van der Waals surface area contributed by atoms with Crippen LogP contribution in [0.2, 0.25) is 0 Å². The van der Waals surface area contributed by atoms with E-state index < -0.39 is 5.95 Å². The maximum absolute atomic E-state index is 13.2. The molecule has 2 aromatic heterocycles. The van der Waals surface area contributed by atoms with Crippen molar-refractivity contribution in [3.05, 3.63) is 18.1 Å². The number of guanidine groups is 1. The Morgan fingerprint density at radius 3 is 2.91 bits per heavy atom. The van der Waals surface area contributed by atoms with Crippen molar-refractivity contribution in [1.29, 1.82) is 0 Å². The van der Waals surface area contributed by atoms with Gasteiger partial charge in [-0.2, -0.15) is 4.39 Å². The molecule has 0 aromatic carbocycles. The van der Waals surface area contributed by atoms with Crippen LogP contribution in [0.25, 0.3) is 10.3 Å². The van der Waals surface area contributed by atoms with Gasteiger partial charge in [-0.1, -0.05) is 11.3 Å². The van der Waals surface area contributed by atoms with Gasteiger partial charge < -0.3 is 10.2 Å². The van der Waals surface area contributed by atoms with Crippen LogP contribution in [0, 0.1) is 11.9 Å². The highest BCUT2D eigenvalue weighted by molar-refractivity contribution is 7.21. The zero-order chi connectivity index (χ0) is 15.4. The van der Waals surface area contributed by atoms with Gasteiger partial charge in [0.2, 0.25) is 11.9 Å². The Labute approximate surface area is 136 Å². The molecule has 6 nitrogen and oxygen atoms in total. The van der Waals surface area contributed by atoms with Gasteiger partial charge >= 0.3 is 0 Å². The number of hydrogen-bond acceptors (Lipinski definition) is 7. The summed E-state index contributed by atoms with van der Waals surface area (Å²) in [6, 6.07) is 2.95. The van der Waals surface area contributed by atoms with E-state index in [-0.39, 0.29) is 5.54 Å². The van der Waals surface area contributed by atoms with E-state index >= 15 is 0 Å². The van der Waals surface area contributed by atoms with Crippen LogP contribution in [0.3, 0.4) is 0 Å². The lowest BCUT2D eigenvalue weighted by Gasteiger charge is -2.48. The van der Waals surface area contributed by atoms with Crippen molar-refractivity contribution >= 4 is 39.0 Å². The number of fused-ring (bicyclic) bond motifs is 3. The van der Waals surface area contributed by atoms with Gasteiger partial charge in [0, 0.05) is 12.8 Å². The third-order valence-electron chi connectivity index (χ3n) is 4.94. The molecule has 6 heterocycles. The topological polar surface area (TPSA) is 65.8 Å². The Kier molecular flexibility index (Phi) is 2.81. The van der Waals surface area contributed by atoms with Gasteiger partial charge in [-0.05, 0) is 44.0 Å². The number of thiazole rings is 1. The average Bonchev–Trinajstić information content (AvgIpc) is 3.12. The first kappa shape index (κ1) is 13.5. The number of rotatable bonds is 1. The standard InChI is InChI=1S/C15H15FN6S/c16-11-2-1-10-12(19-11)23-14(18-10)20-13-17-7-15(21-13)8-22-5-3-9(15)4-6-22/h1-2,7,9H,3-6,8H2,(H,18,20,21). The number of aliphatic imine (C=N–C) groups is 2. The number of piperidine rings is 3. The smallest absolute Gasteiger partial charge is 0.225 e. The Hall–Kier alpha value is -1.93. The largest absolute Gasteiger partial charge is 0.301 e. The van der Waals surface area contributed by atoms with Crippen molar-refractivity contribution < 1.29 is 4.39 Å². The number of hydrogen-bond donors (Lipinski definition) is 1. The van der Waals surface area contributed by atoms with E-state index in [1.807, 2.05) is 6.21 Å². The number of pyridine rings is 1. The monoisotopic (exact) mass is 330 g/mol. The minimum atomic E-state index is -0.491. The second-order valence-electron chi connectivity index (χ2n) is 6.34. The predicted molar refractivity (Wildman–Crippen MR) is 88.8 cm³/mol. The van der Waals surface area contributed by atoms with Gasteiger partial charge in [0.25, 0.3) is 0 Å². The van der Waals surface area contributed by atoms with E-state index in [2.05, 4.69) is 25.2 Å². The maximum Gasteiger partial charge on any atom is 0.225 e. The van der Waals surface area contributed by atoms with E-state index in [0.29, 0.717) is 27.4 Å². The minimum Gasteiger partial charge on any atom is -0.301 e. The lowest BCUT2D eigenvalue weighted by molar-refractivity contribution is 0.0679. The fraction of sp³-hybridized carbons (Fsp3) is 0.467. The van der Waals surface area contributed by atoms with Gasteiger partial charge in [-0.15, -0.1) is 0 Å². The van der Waals surface area contributed by atoms with Crippen molar-refractivity contribution in [2.45, 2.75) is 18.4 Å². The van der Waals surface area contributed by atoms with Gasteiger partial charge in [-0.25, -0.2) is 20.0 Å². The van der Waals surface area contributed by atoms with Crippen molar-refractivity contribution in [3.63, 3.8) is 0 Å². The first-order chi connectivity index (χ1) is 11.2. The number of nitrogens with zero attached hydrogens (tertiary/aromatic N) is 5. The molecule has 1 unspecified atom stereocenters. The van der Waals surface area contributed by atoms with Gasteiger partial charge in [-0.3, -0.25) is 0 Å². The summed E-state index contributed by atoms with van der Waals surface area (Å²) in [5, 5.41) is 3.81. The molecule has 4 aliphatic rings. The number of aromatic nitrogens is 2. The molecular weight excluding hydrogens is 315 g/mol. The first-order valence-electron chi connectivity index (χ1n) is 7.78. The quantitative estimate of drug-likeness (QED) is 0.814. The maximum atomic E-state index is 13.2. The Balaban J connectivity index is 1.42. The molecule has 0 saturated carbocycles. The zero-order valence-electron chi connectivity index (χ0n) is 12.4. The molecule has 4 aliphatic heterocycles. The van der Waals surface area contributed by atoms with E-state index in [4.69, 9.17) is 4.99 Å². The van der Waals surface area contributed by atoms with Crippen molar-refractivity contribution in [3.8, 4) is 0 Å². The molecule has 1 spiro atoms. The lowest BCUT2D eigenvalue weighted by atomic mass is 9.74. The van der Waals surface area contributed by atoms with E-state index in [9.17, 15) is 4.39 Å². The normalized spacial score (nSPS) is 32.0. The highest BCUT2D eigenvalue weighted by Crippen LogP contribution is 2.39. The fourth-order valence-electron chi connectivity index (χ4n) is 3.78. The van der Waals surface area contributed by atoms with Gasteiger partial charge in [0.15, 0.2) is 5.13 Å². The van der Waals surface area contributed by atoms with E-state index in [1.165, 1.54) is 43.3 Å². The van der Waals surface area contributed by atoms with Crippen LogP contribution >= 0.6 is 11.3 Å². The Bertz CT molecular complexity index is 838. The molecule has 3 fully saturated rings. The summed E-state index contributed by atoms with van der Waals surface area (Å²) in [7, 11) is 0. The van der Waals surface area contributed by atoms with Crippen LogP contribution in [-0.4, -0.2) is 52.2 Å². The summed E-state index contributed by atoms with van der Waals surface area (Å²) in [5.41, 5.74) is 0.513. The van der Waals surface area contributed by atoms with Crippen molar-refractivity contribution in [1.82, 2.24) is 14.9 Å². The molecule has 0 amide bonds. The molecule has 0 aliphatic carbocycles. The molecule has 23 heavy (non-hydrogen) atoms. The van der Waals surface area contributed by atoms with Crippen LogP contribution in [-0.2, 0) is 0 Å². The summed E-state index contributed by atoms with van der Waals surface area (Å²) < 4.78 is 13.2. The number of halogens is 1. The van der Waals surface area contributed by atoms with Gasteiger partial charge in [0.1, 0.15) is 15.9 Å². The molecule has 1 atom stereocenters. The van der Waals surface area contributed by atoms with E-state index in [0.717, 1.165) is 6.54 Å². The molecule has 3 saturated heterocycles. The summed E-state index contributed by atoms with van der Waals surface area (Å²) in [6.07, 6.45) is 4.37. The minimum absolute atomic E-state index is 0.167. The molecule has 118 valence electrons. The average molecular weight is 330 g/mol.